The van der Waals surface area contributed by atoms with Crippen molar-refractivity contribution < 1.29 is 27.2 Å². The molecule has 46 heavy (non-hydrogen) atoms. The fraction of sp³-hybridized carbons (Fsp3) is 0.265. The van der Waals surface area contributed by atoms with Gasteiger partial charge < -0.3 is 14.6 Å². The standard InChI is InChI=1S/C34H28F3N5O3S/c1-18-40-41-33(45-18)28-24(12-8-19-5-9-21(35)10-6-19)39-31-25-4-2-3-15-42(25)34(44)30(31)29(28)26-13-14-27(46-26)32(43)38-17-20-7-11-22(36)23(37)16-20/h5-7,9-11,13-14,16,25H,2-4,8,12,15,17H2,1H3,(H,38,43)/t25-/m0/s1. The van der Waals surface area contributed by atoms with Gasteiger partial charge in [-0.15, -0.1) is 21.5 Å². The van der Waals surface area contributed by atoms with E-state index < -0.39 is 17.5 Å². The number of nitrogens with zero attached hydrogens (tertiary/aromatic N) is 4. The minimum Gasteiger partial charge on any atom is -0.421 e. The third kappa shape index (κ3) is 5.57. The molecule has 1 atom stereocenters. The van der Waals surface area contributed by atoms with Crippen molar-refractivity contribution >= 4 is 23.2 Å². The number of hydrogen-bond acceptors (Lipinski definition) is 7. The molecule has 0 radical (unpaired) electrons. The fourth-order valence-electron chi connectivity index (χ4n) is 6.20. The summed E-state index contributed by atoms with van der Waals surface area (Å²) >= 11 is 1.20. The molecule has 2 amide bonds. The summed E-state index contributed by atoms with van der Waals surface area (Å²) in [6.07, 6.45) is 3.68. The van der Waals surface area contributed by atoms with Crippen LogP contribution in [0.25, 0.3) is 21.9 Å². The number of aryl methyl sites for hydroxylation is 3. The number of rotatable bonds is 8. The van der Waals surface area contributed by atoms with E-state index in [-0.39, 0.29) is 30.2 Å². The Bertz CT molecular complexity index is 1970. The van der Waals surface area contributed by atoms with Crippen molar-refractivity contribution in [2.45, 2.75) is 51.6 Å². The molecule has 1 fully saturated rings. The molecule has 2 aliphatic rings. The van der Waals surface area contributed by atoms with Crippen LogP contribution < -0.4 is 5.32 Å². The zero-order chi connectivity index (χ0) is 31.9. The Hall–Kier alpha value is -4.84. The Morgan fingerprint density at radius 3 is 2.52 bits per heavy atom. The van der Waals surface area contributed by atoms with Crippen LogP contribution in [-0.4, -0.2) is 38.4 Å². The number of aromatic nitrogens is 3. The Kier molecular flexibility index (Phi) is 7.89. The number of fused-ring (bicyclic) bond motifs is 3. The highest BCUT2D eigenvalue weighted by atomic mass is 32.1. The first kappa shape index (κ1) is 29.8. The number of carbonyl (C=O) groups is 2. The highest BCUT2D eigenvalue weighted by Crippen LogP contribution is 2.48. The van der Waals surface area contributed by atoms with Gasteiger partial charge in [-0.2, -0.15) is 0 Å². The summed E-state index contributed by atoms with van der Waals surface area (Å²) in [5, 5.41) is 11.1. The molecule has 0 saturated carbocycles. The summed E-state index contributed by atoms with van der Waals surface area (Å²) < 4.78 is 46.6. The van der Waals surface area contributed by atoms with Gasteiger partial charge in [-0.05, 0) is 79.6 Å². The Morgan fingerprint density at radius 1 is 0.957 bits per heavy atom. The maximum Gasteiger partial charge on any atom is 0.261 e. The SMILES string of the molecule is Cc1nnc(-c2c(CCc3ccc(F)cc3)nc3c(c2-c2ccc(C(=O)NCc4ccc(F)c(F)c4)s2)C(=O)N2CCCC[C@@H]32)o1. The van der Waals surface area contributed by atoms with E-state index in [0.717, 1.165) is 37.0 Å². The Labute approximate surface area is 266 Å². The first-order valence-corrected chi connectivity index (χ1v) is 15.8. The second kappa shape index (κ2) is 12.2. The number of thiophene rings is 1. The van der Waals surface area contributed by atoms with Gasteiger partial charge in [0.05, 0.1) is 33.4 Å². The minimum absolute atomic E-state index is 0.00307. The number of nitrogens with one attached hydrogen (secondary N) is 1. The molecule has 2 aromatic carbocycles. The average molecular weight is 644 g/mol. The summed E-state index contributed by atoms with van der Waals surface area (Å²) in [7, 11) is 0. The summed E-state index contributed by atoms with van der Waals surface area (Å²) in [4.78, 5) is 35.3. The van der Waals surface area contributed by atoms with Crippen molar-refractivity contribution in [1.29, 1.82) is 0 Å². The molecule has 5 heterocycles. The lowest BCUT2D eigenvalue weighted by Crippen LogP contribution is -2.32. The van der Waals surface area contributed by atoms with Crippen LogP contribution in [0.4, 0.5) is 13.2 Å². The van der Waals surface area contributed by atoms with Crippen LogP contribution >= 0.6 is 11.3 Å². The Morgan fingerprint density at radius 2 is 1.76 bits per heavy atom. The molecule has 0 unspecified atom stereocenters. The van der Waals surface area contributed by atoms with Crippen molar-refractivity contribution in [2.24, 2.45) is 0 Å². The van der Waals surface area contributed by atoms with Gasteiger partial charge in [0, 0.05) is 30.5 Å². The minimum atomic E-state index is -0.989. The molecular formula is C34H28F3N5O3S. The predicted octanol–water partition coefficient (Wildman–Crippen LogP) is 6.98. The number of hydrogen-bond donors (Lipinski definition) is 1. The van der Waals surface area contributed by atoms with Crippen molar-refractivity contribution in [2.75, 3.05) is 6.54 Å². The number of carbonyl (C=O) groups excluding carboxylic acids is 2. The van der Waals surface area contributed by atoms with Crippen molar-refractivity contribution in [3.63, 3.8) is 0 Å². The van der Waals surface area contributed by atoms with Gasteiger partial charge in [-0.3, -0.25) is 14.6 Å². The molecule has 7 rings (SSSR count). The van der Waals surface area contributed by atoms with E-state index >= 15 is 0 Å². The fourth-order valence-corrected chi connectivity index (χ4v) is 7.18. The molecular weight excluding hydrogens is 615 g/mol. The zero-order valence-corrected chi connectivity index (χ0v) is 25.6. The third-order valence-electron chi connectivity index (χ3n) is 8.41. The number of benzene rings is 2. The average Bonchev–Trinajstić information content (AvgIpc) is 3.79. The van der Waals surface area contributed by atoms with Gasteiger partial charge in [0.25, 0.3) is 11.8 Å². The first-order chi connectivity index (χ1) is 22.3. The molecule has 234 valence electrons. The number of pyridine rings is 1. The van der Waals surface area contributed by atoms with Crippen LogP contribution in [0.5, 0.6) is 0 Å². The first-order valence-electron chi connectivity index (χ1n) is 15.0. The van der Waals surface area contributed by atoms with Gasteiger partial charge >= 0.3 is 0 Å². The van der Waals surface area contributed by atoms with Gasteiger partial charge in [-0.25, -0.2) is 13.2 Å². The molecule has 1 N–H and O–H groups in total. The summed E-state index contributed by atoms with van der Waals surface area (Å²) in [6.45, 7) is 2.31. The van der Waals surface area contributed by atoms with E-state index in [9.17, 15) is 22.8 Å². The second-order valence-electron chi connectivity index (χ2n) is 11.4. The predicted molar refractivity (Wildman–Crippen MR) is 165 cm³/mol. The monoisotopic (exact) mass is 643 g/mol. The molecule has 5 aromatic rings. The number of halogens is 3. The van der Waals surface area contributed by atoms with E-state index in [4.69, 9.17) is 9.40 Å². The number of piperidine rings is 1. The summed E-state index contributed by atoms with van der Waals surface area (Å²) in [5.74, 6) is -2.23. The molecule has 0 bridgehead atoms. The van der Waals surface area contributed by atoms with Crippen molar-refractivity contribution in [1.82, 2.24) is 25.4 Å². The molecule has 12 heteroatoms. The maximum atomic E-state index is 14.0. The van der Waals surface area contributed by atoms with Gasteiger partial charge in [0.15, 0.2) is 11.6 Å². The van der Waals surface area contributed by atoms with Crippen LogP contribution in [0.3, 0.4) is 0 Å². The van der Waals surface area contributed by atoms with Crippen LogP contribution in [0.2, 0.25) is 0 Å². The highest BCUT2D eigenvalue weighted by molar-refractivity contribution is 7.17. The van der Waals surface area contributed by atoms with E-state index in [1.165, 1.54) is 29.5 Å². The van der Waals surface area contributed by atoms with E-state index in [2.05, 4.69) is 15.5 Å². The van der Waals surface area contributed by atoms with Gasteiger partial charge in [0.1, 0.15) is 5.82 Å². The second-order valence-corrected chi connectivity index (χ2v) is 12.5. The molecule has 8 nitrogen and oxygen atoms in total. The van der Waals surface area contributed by atoms with Gasteiger partial charge in [0.2, 0.25) is 11.8 Å². The third-order valence-corrected chi connectivity index (χ3v) is 9.51. The highest BCUT2D eigenvalue weighted by Gasteiger charge is 2.43. The van der Waals surface area contributed by atoms with E-state index in [1.807, 2.05) is 4.90 Å². The van der Waals surface area contributed by atoms with E-state index in [0.29, 0.717) is 68.7 Å². The molecule has 1 saturated heterocycles. The molecule has 3 aromatic heterocycles. The van der Waals surface area contributed by atoms with Crippen LogP contribution in [0.1, 0.15) is 73.7 Å². The van der Waals surface area contributed by atoms with E-state index in [1.54, 1.807) is 31.2 Å². The topological polar surface area (TPSA) is 101 Å². The number of amides is 2. The molecule has 2 aliphatic heterocycles. The lowest BCUT2D eigenvalue weighted by Gasteiger charge is -2.29. The van der Waals surface area contributed by atoms with Gasteiger partial charge in [-0.1, -0.05) is 18.2 Å². The molecule has 0 spiro atoms. The normalized spacial score (nSPS) is 15.6. The largest absolute Gasteiger partial charge is 0.421 e. The van der Waals surface area contributed by atoms with Crippen LogP contribution in [0.15, 0.2) is 59.0 Å². The van der Waals surface area contributed by atoms with Crippen molar-refractivity contribution in [3.8, 4) is 21.9 Å². The maximum absolute atomic E-state index is 14.0. The Balaban J connectivity index is 1.31. The summed E-state index contributed by atoms with van der Waals surface area (Å²) in [5.41, 5.74) is 4.30. The quantitative estimate of drug-likeness (QED) is 0.196. The zero-order valence-electron chi connectivity index (χ0n) is 24.8. The van der Waals surface area contributed by atoms with Crippen LogP contribution in [-0.2, 0) is 19.4 Å². The van der Waals surface area contributed by atoms with Crippen LogP contribution in [0, 0.1) is 24.4 Å². The smallest absolute Gasteiger partial charge is 0.261 e. The lowest BCUT2D eigenvalue weighted by molar-refractivity contribution is 0.0670. The molecule has 0 aliphatic carbocycles. The summed E-state index contributed by atoms with van der Waals surface area (Å²) in [6, 6.07) is 13.1. The lowest BCUT2D eigenvalue weighted by atomic mass is 9.92. The van der Waals surface area contributed by atoms with Crippen molar-refractivity contribution in [3.05, 3.63) is 111 Å².